The Balaban J connectivity index is 1.76. The van der Waals surface area contributed by atoms with E-state index in [4.69, 9.17) is 4.42 Å². The third-order valence-corrected chi connectivity index (χ3v) is 4.46. The van der Waals surface area contributed by atoms with Gasteiger partial charge in [-0.25, -0.2) is 0 Å². The smallest absolute Gasteiger partial charge is 0.293 e. The Morgan fingerprint density at radius 1 is 1.35 bits per heavy atom. The minimum Gasteiger partial charge on any atom is -0.444 e. The molecule has 0 aromatic carbocycles. The molecule has 0 saturated heterocycles. The number of aromatic nitrogens is 2. The van der Waals surface area contributed by atoms with Crippen molar-refractivity contribution in [1.29, 1.82) is 0 Å². The molecule has 0 fully saturated rings. The lowest BCUT2D eigenvalue weighted by molar-refractivity contribution is 0.0995. The molecule has 0 radical (unpaired) electrons. The van der Waals surface area contributed by atoms with Crippen LogP contribution in [0.2, 0.25) is 0 Å². The van der Waals surface area contributed by atoms with Crippen LogP contribution in [0.3, 0.4) is 0 Å². The second kappa shape index (κ2) is 5.47. The SMILES string of the molecule is Cc1ccc(-c2nsc(NC(=O)c3ccc(Br)o3)n2)s1. The van der Waals surface area contributed by atoms with Crippen molar-refractivity contribution in [3.63, 3.8) is 0 Å². The highest BCUT2D eigenvalue weighted by molar-refractivity contribution is 9.10. The molecule has 0 unspecified atom stereocenters. The van der Waals surface area contributed by atoms with Crippen LogP contribution in [0.5, 0.6) is 0 Å². The van der Waals surface area contributed by atoms with Crippen LogP contribution in [-0.2, 0) is 0 Å². The number of thiophene rings is 1. The van der Waals surface area contributed by atoms with Crippen LogP contribution in [0.25, 0.3) is 10.7 Å². The number of nitrogens with zero attached hydrogens (tertiary/aromatic N) is 2. The average molecular weight is 370 g/mol. The van der Waals surface area contributed by atoms with Crippen molar-refractivity contribution in [3.05, 3.63) is 39.6 Å². The van der Waals surface area contributed by atoms with Crippen molar-refractivity contribution in [1.82, 2.24) is 9.36 Å². The molecule has 0 spiro atoms. The predicted molar refractivity (Wildman–Crippen MR) is 82.3 cm³/mol. The molecule has 0 aliphatic heterocycles. The zero-order chi connectivity index (χ0) is 14.1. The molecule has 3 heterocycles. The van der Waals surface area contributed by atoms with Crippen molar-refractivity contribution < 1.29 is 9.21 Å². The molecule has 3 rings (SSSR count). The Kier molecular flexibility index (Phi) is 3.68. The predicted octanol–water partition coefficient (Wildman–Crippen LogP) is 4.18. The van der Waals surface area contributed by atoms with E-state index < -0.39 is 0 Å². The van der Waals surface area contributed by atoms with Crippen LogP contribution < -0.4 is 5.32 Å². The maximum atomic E-state index is 11.9. The Morgan fingerprint density at radius 2 is 2.20 bits per heavy atom. The molecule has 5 nitrogen and oxygen atoms in total. The fraction of sp³-hybridized carbons (Fsp3) is 0.0833. The lowest BCUT2D eigenvalue weighted by Gasteiger charge is -1.96. The minimum absolute atomic E-state index is 0.223. The van der Waals surface area contributed by atoms with E-state index in [1.807, 2.05) is 19.1 Å². The zero-order valence-corrected chi connectivity index (χ0v) is 13.4. The number of furan rings is 1. The van der Waals surface area contributed by atoms with Crippen LogP contribution in [0, 0.1) is 6.92 Å². The fourth-order valence-electron chi connectivity index (χ4n) is 1.52. The monoisotopic (exact) mass is 369 g/mol. The van der Waals surface area contributed by atoms with Gasteiger partial charge >= 0.3 is 0 Å². The summed E-state index contributed by atoms with van der Waals surface area (Å²) in [7, 11) is 0. The lowest BCUT2D eigenvalue weighted by Crippen LogP contribution is -2.10. The Labute approximate surface area is 131 Å². The average Bonchev–Trinajstić information content (AvgIpc) is 3.10. The van der Waals surface area contributed by atoms with Gasteiger partial charge in [-0.05, 0) is 47.1 Å². The standard InChI is InChI=1S/C12H8BrN3O2S2/c1-6-2-4-8(19-6)10-14-12(20-16-10)15-11(17)7-3-5-9(13)18-7/h2-5H,1H3,(H,14,15,16,17). The minimum atomic E-state index is -0.347. The van der Waals surface area contributed by atoms with Crippen LogP contribution in [-0.4, -0.2) is 15.3 Å². The van der Waals surface area contributed by atoms with E-state index >= 15 is 0 Å². The number of aryl methyl sites for hydroxylation is 1. The molecule has 0 bridgehead atoms. The maximum absolute atomic E-state index is 11.9. The summed E-state index contributed by atoms with van der Waals surface area (Å²) in [5, 5.41) is 3.11. The van der Waals surface area contributed by atoms with Crippen molar-refractivity contribution in [2.75, 3.05) is 5.32 Å². The molecule has 0 atom stereocenters. The van der Waals surface area contributed by atoms with E-state index in [9.17, 15) is 4.79 Å². The first-order valence-electron chi connectivity index (χ1n) is 5.59. The van der Waals surface area contributed by atoms with Crippen molar-refractivity contribution in [2.24, 2.45) is 0 Å². The second-order valence-corrected chi connectivity index (χ2v) is 6.71. The van der Waals surface area contributed by atoms with Crippen molar-refractivity contribution in [3.8, 4) is 10.7 Å². The maximum Gasteiger partial charge on any atom is 0.293 e. The van der Waals surface area contributed by atoms with E-state index in [0.717, 1.165) is 16.4 Å². The highest BCUT2D eigenvalue weighted by atomic mass is 79.9. The first kappa shape index (κ1) is 13.5. The number of anilines is 1. The van der Waals surface area contributed by atoms with Gasteiger partial charge in [0.15, 0.2) is 16.3 Å². The number of carbonyl (C=O) groups excluding carboxylic acids is 1. The number of rotatable bonds is 3. The molecule has 8 heteroatoms. The second-order valence-electron chi connectivity index (χ2n) is 3.89. The fourth-order valence-corrected chi connectivity index (χ4v) is 3.27. The quantitative estimate of drug-likeness (QED) is 0.751. The largest absolute Gasteiger partial charge is 0.444 e. The summed E-state index contributed by atoms with van der Waals surface area (Å²) in [4.78, 5) is 18.4. The van der Waals surface area contributed by atoms with Crippen molar-refractivity contribution in [2.45, 2.75) is 6.92 Å². The van der Waals surface area contributed by atoms with E-state index in [0.29, 0.717) is 15.6 Å². The number of hydrogen-bond donors (Lipinski definition) is 1. The third-order valence-electron chi connectivity index (χ3n) is 2.40. The zero-order valence-electron chi connectivity index (χ0n) is 10.2. The van der Waals surface area contributed by atoms with E-state index in [1.165, 1.54) is 4.88 Å². The molecular formula is C12H8BrN3O2S2. The molecule has 3 aromatic rings. The summed E-state index contributed by atoms with van der Waals surface area (Å²) in [5.41, 5.74) is 0. The van der Waals surface area contributed by atoms with Gasteiger partial charge in [0, 0.05) is 16.4 Å². The first-order chi connectivity index (χ1) is 9.61. The van der Waals surface area contributed by atoms with Gasteiger partial charge < -0.3 is 4.42 Å². The molecule has 0 aliphatic carbocycles. The molecule has 20 heavy (non-hydrogen) atoms. The molecule has 3 aromatic heterocycles. The van der Waals surface area contributed by atoms with Crippen LogP contribution in [0.15, 0.2) is 33.4 Å². The normalized spacial score (nSPS) is 10.7. The van der Waals surface area contributed by atoms with E-state index in [2.05, 4.69) is 30.6 Å². The van der Waals surface area contributed by atoms with Gasteiger partial charge in [-0.15, -0.1) is 11.3 Å². The summed E-state index contributed by atoms with van der Waals surface area (Å²) >= 11 is 5.91. The van der Waals surface area contributed by atoms with Gasteiger partial charge in [0.25, 0.3) is 5.91 Å². The number of amides is 1. The first-order valence-corrected chi connectivity index (χ1v) is 7.97. The summed E-state index contributed by atoms with van der Waals surface area (Å²) in [6.45, 7) is 2.03. The Bertz CT molecular complexity index is 762. The molecule has 0 saturated carbocycles. The topological polar surface area (TPSA) is 68.0 Å². The summed E-state index contributed by atoms with van der Waals surface area (Å²) in [5.74, 6) is 0.505. The highest BCUT2D eigenvalue weighted by Gasteiger charge is 2.14. The lowest BCUT2D eigenvalue weighted by atomic mass is 10.4. The Hall–Kier alpha value is -1.51. The number of hydrogen-bond acceptors (Lipinski definition) is 6. The van der Waals surface area contributed by atoms with Crippen LogP contribution in [0.1, 0.15) is 15.4 Å². The Morgan fingerprint density at radius 3 is 2.85 bits per heavy atom. The summed E-state index contributed by atoms with van der Waals surface area (Å²) in [6, 6.07) is 7.23. The van der Waals surface area contributed by atoms with Gasteiger partial charge in [-0.2, -0.15) is 9.36 Å². The van der Waals surface area contributed by atoms with E-state index in [-0.39, 0.29) is 11.7 Å². The number of carbonyl (C=O) groups is 1. The number of halogens is 1. The third kappa shape index (κ3) is 2.82. The van der Waals surface area contributed by atoms with Gasteiger partial charge in [0.1, 0.15) is 0 Å². The van der Waals surface area contributed by atoms with Crippen LogP contribution >= 0.6 is 38.8 Å². The molecule has 1 amide bonds. The highest BCUT2D eigenvalue weighted by Crippen LogP contribution is 2.28. The van der Waals surface area contributed by atoms with Gasteiger partial charge in [0.2, 0.25) is 5.13 Å². The molecule has 102 valence electrons. The van der Waals surface area contributed by atoms with Gasteiger partial charge in [0.05, 0.1) is 4.88 Å². The van der Waals surface area contributed by atoms with Gasteiger partial charge in [-0.1, -0.05) is 0 Å². The summed E-state index contributed by atoms with van der Waals surface area (Å²) < 4.78 is 9.92. The molecule has 1 N–H and O–H groups in total. The van der Waals surface area contributed by atoms with Gasteiger partial charge in [-0.3, -0.25) is 10.1 Å². The van der Waals surface area contributed by atoms with E-state index in [1.54, 1.807) is 23.5 Å². The number of nitrogens with one attached hydrogen (secondary N) is 1. The molecular weight excluding hydrogens is 362 g/mol. The van der Waals surface area contributed by atoms with Crippen molar-refractivity contribution >= 4 is 49.8 Å². The van der Waals surface area contributed by atoms with Crippen LogP contribution in [0.4, 0.5) is 5.13 Å². The summed E-state index contributed by atoms with van der Waals surface area (Å²) in [6.07, 6.45) is 0. The molecule has 0 aliphatic rings.